The number of carbonyl (C=O) groups is 3. The quantitative estimate of drug-likeness (QED) is 0.190. The molecule has 2 radical (unpaired) electrons. The summed E-state index contributed by atoms with van der Waals surface area (Å²) in [6, 6.07) is 0. The van der Waals surface area contributed by atoms with Crippen LogP contribution in [0.3, 0.4) is 0 Å². The fourth-order valence-electron chi connectivity index (χ4n) is 2.24. The van der Waals surface area contributed by atoms with E-state index < -0.39 is 11.2 Å². The Balaban J connectivity index is -0.000000250. The van der Waals surface area contributed by atoms with E-state index in [1.807, 2.05) is 69.2 Å². The van der Waals surface area contributed by atoms with E-state index in [2.05, 4.69) is 17.2 Å². The Labute approximate surface area is 265 Å². The Morgan fingerprint density at radius 2 is 1.18 bits per heavy atom. The Bertz CT molecular complexity index is 634. The van der Waals surface area contributed by atoms with E-state index in [-0.39, 0.29) is 112 Å². The van der Waals surface area contributed by atoms with Gasteiger partial charge in [-0.25, -0.2) is 0 Å². The summed E-state index contributed by atoms with van der Waals surface area (Å²) in [5.74, 6) is -1.19. The number of aliphatic carboxylic acids is 1. The van der Waals surface area contributed by atoms with Crippen molar-refractivity contribution >= 4 is 41.3 Å². The third kappa shape index (κ3) is 27.4. The number of carbonyl (C=O) groups excluding carboxylic acids is 2. The summed E-state index contributed by atoms with van der Waals surface area (Å²) >= 11 is 2.68. The second-order valence-electron chi connectivity index (χ2n) is 9.88. The van der Waals surface area contributed by atoms with Gasteiger partial charge >= 0.3 is 5.97 Å². The first-order valence-electron chi connectivity index (χ1n) is 10.4. The molecule has 34 heavy (non-hydrogen) atoms. The van der Waals surface area contributed by atoms with Gasteiger partial charge in [0.1, 0.15) is 0 Å². The number of carboxylic acid groups (broad SMARTS) is 1. The van der Waals surface area contributed by atoms with Crippen molar-refractivity contribution in [3.8, 4) is 0 Å². The van der Waals surface area contributed by atoms with Crippen LogP contribution in [0, 0.1) is 10.5 Å². The molecule has 0 aliphatic carbocycles. The van der Waals surface area contributed by atoms with Crippen LogP contribution in [0.2, 0.25) is 0 Å². The molecular weight excluding hydrogens is 626 g/mol. The van der Waals surface area contributed by atoms with Crippen LogP contribution in [-0.2, 0) is 79.8 Å². The number of carboxylic acids is 1. The zero-order valence-electron chi connectivity index (χ0n) is 22.4. The smallest absolute Gasteiger partial charge is 0.314 e. The summed E-state index contributed by atoms with van der Waals surface area (Å²) in [5, 5.41) is 24.8. The molecule has 0 saturated carbocycles. The Hall–Kier alpha value is 0.858. The van der Waals surface area contributed by atoms with Crippen LogP contribution in [0.1, 0.15) is 82.1 Å². The number of thioether (sulfide) groups is 2. The van der Waals surface area contributed by atoms with E-state index in [9.17, 15) is 19.5 Å². The normalized spacial score (nSPS) is 12.8. The summed E-state index contributed by atoms with van der Waals surface area (Å²) in [6.07, 6.45) is 0.292. The molecular formula is C23H42N2O5S2Y2-2. The van der Waals surface area contributed by atoms with Crippen LogP contribution in [0.5, 0.6) is 0 Å². The molecule has 2 amide bonds. The number of hydrogen-bond donors (Lipinski definition) is 4. The summed E-state index contributed by atoms with van der Waals surface area (Å²) < 4.78 is 0. The second-order valence-corrected chi connectivity index (χ2v) is 13.1. The summed E-state index contributed by atoms with van der Waals surface area (Å²) in [5.41, 5.74) is -0.579. The largest absolute Gasteiger partial charge is 0.513 e. The van der Waals surface area contributed by atoms with Crippen LogP contribution < -0.4 is 10.6 Å². The first-order valence-corrected chi connectivity index (χ1v) is 12.2. The standard InChI is InChI=1S/C12H22NO2S.C11H20NO3S.2Y/c1-8(2)16-10(7-9(3)14)11(15)13-12(4,5)6;1-7(2)16-8(10(14)15)6-9(13)12-11(3,4)5;;/h10,14H,3,7H2,1-2,4-6H3,(H,13,15);8H,6H2,1-5H3,(H,12,13)(H,14,15);;/q2*-1;;. The number of hydrogen-bond acceptors (Lipinski definition) is 6. The van der Waals surface area contributed by atoms with Crippen molar-refractivity contribution < 1.29 is 90.0 Å². The molecule has 194 valence electrons. The van der Waals surface area contributed by atoms with Crippen molar-refractivity contribution in [1.82, 2.24) is 10.6 Å². The van der Waals surface area contributed by atoms with E-state index in [4.69, 9.17) is 5.11 Å². The maximum Gasteiger partial charge on any atom is 0.314 e. The maximum absolute atomic E-state index is 11.9. The molecule has 11 heteroatoms. The van der Waals surface area contributed by atoms with Gasteiger partial charge in [0.05, 0.1) is 16.3 Å². The average molecular weight is 669 g/mol. The molecule has 0 aromatic rings. The first-order chi connectivity index (χ1) is 14.2. The SMILES string of the molecule is C=C(O)CC(S[C-](C)C)C(=O)NC(C)(C)C.C[C-](C)SC(CC(=O)NC(C)(C)C)C(=O)O.[Y].[Y]. The topological polar surface area (TPSA) is 116 Å². The van der Waals surface area contributed by atoms with E-state index in [1.165, 1.54) is 23.5 Å². The van der Waals surface area contributed by atoms with Gasteiger partial charge in [-0.3, -0.25) is 24.9 Å². The molecule has 2 unspecified atom stereocenters. The van der Waals surface area contributed by atoms with Crippen molar-refractivity contribution in [1.29, 1.82) is 0 Å². The molecule has 0 spiro atoms. The minimum Gasteiger partial charge on any atom is -0.513 e. The van der Waals surface area contributed by atoms with Gasteiger partial charge in [-0.2, -0.15) is 27.7 Å². The number of nitrogens with one attached hydrogen (secondary N) is 2. The zero-order valence-corrected chi connectivity index (χ0v) is 29.7. The van der Waals surface area contributed by atoms with Gasteiger partial charge in [-0.05, 0) is 41.5 Å². The average Bonchev–Trinajstić information content (AvgIpc) is 2.49. The number of amides is 2. The van der Waals surface area contributed by atoms with E-state index in [0.29, 0.717) is 0 Å². The van der Waals surface area contributed by atoms with Crippen LogP contribution in [0.4, 0.5) is 0 Å². The van der Waals surface area contributed by atoms with E-state index >= 15 is 0 Å². The number of aliphatic hydroxyl groups excluding tert-OH is 1. The van der Waals surface area contributed by atoms with Crippen molar-refractivity contribution in [3.63, 3.8) is 0 Å². The van der Waals surface area contributed by atoms with Gasteiger partial charge in [-0.1, -0.05) is 6.58 Å². The molecule has 0 saturated heterocycles. The molecule has 0 bridgehead atoms. The van der Waals surface area contributed by atoms with Crippen LogP contribution in [0.25, 0.3) is 0 Å². The molecule has 0 rings (SSSR count). The molecule has 4 N–H and O–H groups in total. The van der Waals surface area contributed by atoms with Gasteiger partial charge in [0, 0.05) is 89.3 Å². The van der Waals surface area contributed by atoms with Gasteiger partial charge < -0.3 is 44.4 Å². The van der Waals surface area contributed by atoms with Gasteiger partial charge in [0.15, 0.2) is 0 Å². The molecule has 0 heterocycles. The summed E-state index contributed by atoms with van der Waals surface area (Å²) in [7, 11) is 0. The van der Waals surface area contributed by atoms with Crippen LogP contribution >= 0.6 is 23.5 Å². The van der Waals surface area contributed by atoms with E-state index in [0.717, 1.165) is 10.5 Å². The Kier molecular flexibility index (Phi) is 24.6. The van der Waals surface area contributed by atoms with Gasteiger partial charge in [0.25, 0.3) is 0 Å². The third-order valence-electron chi connectivity index (χ3n) is 3.13. The number of rotatable bonds is 10. The summed E-state index contributed by atoms with van der Waals surface area (Å²) in [4.78, 5) is 34.4. The van der Waals surface area contributed by atoms with E-state index in [1.54, 1.807) is 0 Å². The third-order valence-corrected chi connectivity index (χ3v) is 5.39. The van der Waals surface area contributed by atoms with Crippen LogP contribution in [0.15, 0.2) is 12.3 Å². The predicted octanol–water partition coefficient (Wildman–Crippen LogP) is 5.08. The van der Waals surface area contributed by atoms with Crippen molar-refractivity contribution in [2.24, 2.45) is 0 Å². The fraction of sp³-hybridized carbons (Fsp3) is 0.696. The minimum atomic E-state index is -0.949. The second kappa shape index (κ2) is 19.9. The monoisotopic (exact) mass is 668 g/mol. The summed E-state index contributed by atoms with van der Waals surface area (Å²) in [6.45, 7) is 22.4. The Morgan fingerprint density at radius 3 is 1.47 bits per heavy atom. The molecule has 0 aromatic heterocycles. The fourth-order valence-corrected chi connectivity index (χ4v) is 4.15. The molecule has 0 fully saturated rings. The molecule has 2 atom stereocenters. The van der Waals surface area contributed by atoms with Crippen LogP contribution in [-0.4, -0.2) is 49.6 Å². The maximum atomic E-state index is 11.9. The van der Waals surface area contributed by atoms with Gasteiger partial charge in [-0.15, -0.1) is 0 Å². The first kappa shape index (κ1) is 42.0. The van der Waals surface area contributed by atoms with Crippen molar-refractivity contribution in [3.05, 3.63) is 22.8 Å². The van der Waals surface area contributed by atoms with Crippen molar-refractivity contribution in [2.45, 2.75) is 104 Å². The predicted molar refractivity (Wildman–Crippen MR) is 136 cm³/mol. The number of aliphatic hydroxyl groups is 1. The Morgan fingerprint density at radius 1 is 0.794 bits per heavy atom. The zero-order chi connectivity index (χ0) is 25.9. The van der Waals surface area contributed by atoms with Gasteiger partial charge in [0.2, 0.25) is 11.8 Å². The molecule has 0 aromatic carbocycles. The molecule has 0 aliphatic heterocycles. The molecule has 7 nitrogen and oxygen atoms in total. The number of allylic oxidation sites excluding steroid dienone is 1. The minimum absolute atomic E-state index is 0. The molecule has 0 aliphatic rings. The van der Waals surface area contributed by atoms with Crippen molar-refractivity contribution in [2.75, 3.05) is 0 Å².